The van der Waals surface area contributed by atoms with Crippen molar-refractivity contribution in [3.05, 3.63) is 59.9 Å². The first kappa shape index (κ1) is 16.6. The smallest absolute Gasteiger partial charge is 0.238 e. The highest BCUT2D eigenvalue weighted by Crippen LogP contribution is 2.28. The number of halogens is 1. The minimum atomic E-state index is -3.93. The molecular formula is C17H17FN2O3S. The Hall–Kier alpha value is -2.25. The van der Waals surface area contributed by atoms with Crippen LogP contribution in [0.3, 0.4) is 0 Å². The second-order valence-corrected chi connectivity index (χ2v) is 7.47. The van der Waals surface area contributed by atoms with Gasteiger partial charge in [0.2, 0.25) is 15.9 Å². The number of carbonyl (C=O) groups is 1. The Labute approximate surface area is 139 Å². The first-order chi connectivity index (χ1) is 11.3. The Morgan fingerprint density at radius 1 is 1.17 bits per heavy atom. The monoisotopic (exact) mass is 348 g/mol. The molecule has 0 aliphatic carbocycles. The van der Waals surface area contributed by atoms with Gasteiger partial charge in [-0.3, -0.25) is 4.79 Å². The molecule has 2 aromatic carbocycles. The van der Waals surface area contributed by atoms with Crippen LogP contribution in [0.5, 0.6) is 0 Å². The summed E-state index contributed by atoms with van der Waals surface area (Å²) in [6.07, 6.45) is 0.705. The molecule has 1 aliphatic heterocycles. The number of anilines is 1. The highest BCUT2D eigenvalue weighted by atomic mass is 32.2. The van der Waals surface area contributed by atoms with E-state index in [0.29, 0.717) is 24.9 Å². The number of hydrogen-bond donors (Lipinski definition) is 1. The largest absolute Gasteiger partial charge is 0.312 e. The number of nitrogens with zero attached hydrogens (tertiary/aromatic N) is 1. The van der Waals surface area contributed by atoms with E-state index in [2.05, 4.69) is 0 Å². The maximum atomic E-state index is 14.1. The Morgan fingerprint density at radius 3 is 2.50 bits per heavy atom. The van der Waals surface area contributed by atoms with Gasteiger partial charge in [-0.25, -0.2) is 17.9 Å². The highest BCUT2D eigenvalue weighted by Gasteiger charge is 2.31. The molecule has 0 spiro atoms. The molecule has 1 fully saturated rings. The van der Waals surface area contributed by atoms with Crippen molar-refractivity contribution in [2.24, 2.45) is 11.1 Å². The lowest BCUT2D eigenvalue weighted by molar-refractivity contribution is -0.117. The van der Waals surface area contributed by atoms with E-state index in [4.69, 9.17) is 5.14 Å². The molecule has 5 nitrogen and oxygen atoms in total. The van der Waals surface area contributed by atoms with Crippen LogP contribution in [0.1, 0.15) is 12.0 Å². The van der Waals surface area contributed by atoms with Crippen LogP contribution in [0.15, 0.2) is 53.4 Å². The van der Waals surface area contributed by atoms with Gasteiger partial charge < -0.3 is 4.90 Å². The predicted molar refractivity (Wildman–Crippen MR) is 88.4 cm³/mol. The van der Waals surface area contributed by atoms with Gasteiger partial charge in [0.1, 0.15) is 5.82 Å². The molecule has 1 saturated heterocycles. The summed E-state index contributed by atoms with van der Waals surface area (Å²) in [6, 6.07) is 13.0. The lowest BCUT2D eigenvalue weighted by atomic mass is 9.98. The predicted octanol–water partition coefficient (Wildman–Crippen LogP) is 2.07. The van der Waals surface area contributed by atoms with Crippen LogP contribution in [0.4, 0.5) is 10.1 Å². The number of benzene rings is 2. The van der Waals surface area contributed by atoms with Crippen molar-refractivity contribution in [1.29, 1.82) is 0 Å². The van der Waals surface area contributed by atoms with Gasteiger partial charge in [0.15, 0.2) is 0 Å². The number of para-hydroxylation sites is 1. The molecule has 0 saturated carbocycles. The van der Waals surface area contributed by atoms with Crippen molar-refractivity contribution in [2.45, 2.75) is 17.7 Å². The van der Waals surface area contributed by atoms with E-state index in [1.54, 1.807) is 4.90 Å². The zero-order valence-electron chi connectivity index (χ0n) is 12.9. The van der Waals surface area contributed by atoms with E-state index < -0.39 is 15.8 Å². The Bertz CT molecular complexity index is 869. The first-order valence-electron chi connectivity index (χ1n) is 7.51. The standard InChI is InChI=1S/C17H17FN2O3S/c18-16-10-15(24(19,22)23)7-6-13(16)8-12-9-17(21)20(11-12)14-4-2-1-3-5-14/h1-7,10,12H,8-9,11H2,(H2,19,22,23)/t12-/m0/s1. The Balaban J connectivity index is 1.75. The van der Waals surface area contributed by atoms with Crippen molar-refractivity contribution >= 4 is 21.6 Å². The molecular weight excluding hydrogens is 331 g/mol. The van der Waals surface area contributed by atoms with Gasteiger partial charge in [0, 0.05) is 18.7 Å². The number of hydrogen-bond acceptors (Lipinski definition) is 3. The van der Waals surface area contributed by atoms with E-state index in [1.165, 1.54) is 12.1 Å². The fourth-order valence-electron chi connectivity index (χ4n) is 2.96. The molecule has 1 amide bonds. The molecule has 1 aliphatic rings. The lowest BCUT2D eigenvalue weighted by Gasteiger charge is -2.16. The third-order valence-corrected chi connectivity index (χ3v) is 5.05. The van der Waals surface area contributed by atoms with E-state index in [-0.39, 0.29) is 16.7 Å². The van der Waals surface area contributed by atoms with E-state index in [1.807, 2.05) is 30.3 Å². The third kappa shape index (κ3) is 3.47. The van der Waals surface area contributed by atoms with Gasteiger partial charge in [0.25, 0.3) is 0 Å². The summed E-state index contributed by atoms with van der Waals surface area (Å²) in [5.74, 6) is -0.632. The summed E-state index contributed by atoms with van der Waals surface area (Å²) in [6.45, 7) is 0.513. The quantitative estimate of drug-likeness (QED) is 0.918. The van der Waals surface area contributed by atoms with Gasteiger partial charge in [-0.1, -0.05) is 24.3 Å². The van der Waals surface area contributed by atoms with Gasteiger partial charge >= 0.3 is 0 Å². The number of nitrogens with two attached hydrogens (primary N) is 1. The van der Waals surface area contributed by atoms with Crippen molar-refractivity contribution in [3.63, 3.8) is 0 Å². The lowest BCUT2D eigenvalue weighted by Crippen LogP contribution is -2.24. The minimum absolute atomic E-state index is 0.00719. The van der Waals surface area contributed by atoms with Gasteiger partial charge in [-0.2, -0.15) is 0 Å². The van der Waals surface area contributed by atoms with Gasteiger partial charge in [0.05, 0.1) is 4.90 Å². The second kappa shape index (κ2) is 6.33. The van der Waals surface area contributed by atoms with Crippen LogP contribution in [0.25, 0.3) is 0 Å². The average Bonchev–Trinajstić information content (AvgIpc) is 2.90. The average molecular weight is 348 g/mol. The minimum Gasteiger partial charge on any atom is -0.312 e. The van der Waals surface area contributed by atoms with Crippen LogP contribution in [0, 0.1) is 11.7 Å². The molecule has 7 heteroatoms. The Morgan fingerprint density at radius 2 is 1.88 bits per heavy atom. The molecule has 0 radical (unpaired) electrons. The zero-order chi connectivity index (χ0) is 17.3. The molecule has 0 aromatic heterocycles. The molecule has 24 heavy (non-hydrogen) atoms. The van der Waals surface area contributed by atoms with E-state index in [0.717, 1.165) is 11.8 Å². The normalized spacial score (nSPS) is 18.2. The van der Waals surface area contributed by atoms with E-state index >= 15 is 0 Å². The van der Waals surface area contributed by atoms with Crippen LogP contribution in [-0.2, 0) is 21.2 Å². The molecule has 1 atom stereocenters. The molecule has 126 valence electrons. The fourth-order valence-corrected chi connectivity index (χ4v) is 3.48. The summed E-state index contributed by atoms with van der Waals surface area (Å²) < 4.78 is 36.6. The molecule has 1 heterocycles. The van der Waals surface area contributed by atoms with Crippen molar-refractivity contribution in [1.82, 2.24) is 0 Å². The zero-order valence-corrected chi connectivity index (χ0v) is 13.7. The number of primary sulfonamides is 1. The van der Waals surface area contributed by atoms with Crippen molar-refractivity contribution in [2.75, 3.05) is 11.4 Å². The van der Waals surface area contributed by atoms with E-state index in [9.17, 15) is 17.6 Å². The molecule has 2 aromatic rings. The number of sulfonamides is 1. The molecule has 2 N–H and O–H groups in total. The maximum Gasteiger partial charge on any atom is 0.238 e. The second-order valence-electron chi connectivity index (χ2n) is 5.91. The molecule has 3 rings (SSSR count). The highest BCUT2D eigenvalue weighted by molar-refractivity contribution is 7.89. The fraction of sp³-hybridized carbons (Fsp3) is 0.235. The third-order valence-electron chi connectivity index (χ3n) is 4.13. The molecule has 0 unspecified atom stereocenters. The van der Waals surface area contributed by atoms with Crippen LogP contribution in [0.2, 0.25) is 0 Å². The van der Waals surface area contributed by atoms with Gasteiger partial charge in [-0.05, 0) is 42.2 Å². The number of rotatable bonds is 4. The maximum absolute atomic E-state index is 14.1. The molecule has 0 bridgehead atoms. The van der Waals surface area contributed by atoms with Crippen LogP contribution >= 0.6 is 0 Å². The summed E-state index contributed by atoms with van der Waals surface area (Å²) in [7, 11) is -3.93. The summed E-state index contributed by atoms with van der Waals surface area (Å²) in [5.41, 5.74) is 1.21. The van der Waals surface area contributed by atoms with Crippen LogP contribution in [-0.4, -0.2) is 20.9 Å². The van der Waals surface area contributed by atoms with Crippen LogP contribution < -0.4 is 10.0 Å². The topological polar surface area (TPSA) is 80.5 Å². The summed E-state index contributed by atoms with van der Waals surface area (Å²) in [5, 5.41) is 4.99. The van der Waals surface area contributed by atoms with Gasteiger partial charge in [-0.15, -0.1) is 0 Å². The van der Waals surface area contributed by atoms with Crippen molar-refractivity contribution < 1.29 is 17.6 Å². The Kier molecular flexibility index (Phi) is 4.38. The summed E-state index contributed by atoms with van der Waals surface area (Å²) in [4.78, 5) is 13.6. The van der Waals surface area contributed by atoms with Crippen molar-refractivity contribution in [3.8, 4) is 0 Å². The summed E-state index contributed by atoms with van der Waals surface area (Å²) >= 11 is 0. The number of amides is 1. The SMILES string of the molecule is NS(=O)(=O)c1ccc(C[C@H]2CC(=O)N(c3ccccc3)C2)c(F)c1. The number of carbonyl (C=O) groups excluding carboxylic acids is 1. The first-order valence-corrected chi connectivity index (χ1v) is 9.06.